The third kappa shape index (κ3) is 3.87. The fourth-order valence-corrected chi connectivity index (χ4v) is 2.95. The summed E-state index contributed by atoms with van der Waals surface area (Å²) in [5.41, 5.74) is 1.45. The highest BCUT2D eigenvalue weighted by atomic mass is 16.6. The van der Waals surface area contributed by atoms with Gasteiger partial charge in [0, 0.05) is 30.3 Å². The molecule has 0 spiro atoms. The maximum atomic E-state index is 12.7. The van der Waals surface area contributed by atoms with Crippen molar-refractivity contribution in [1.82, 2.24) is 9.88 Å². The van der Waals surface area contributed by atoms with Gasteiger partial charge in [-0.3, -0.25) is 19.7 Å². The summed E-state index contributed by atoms with van der Waals surface area (Å²) in [5.74, 6) is -0.241. The van der Waals surface area contributed by atoms with E-state index in [0.717, 1.165) is 10.9 Å². The molecular weight excluding hydrogens is 346 g/mol. The maximum absolute atomic E-state index is 12.7. The van der Waals surface area contributed by atoms with Crippen LogP contribution in [0.2, 0.25) is 0 Å². The largest absolute Gasteiger partial charge is 0.339 e. The molecule has 0 fully saturated rings. The Balaban J connectivity index is 1.81. The van der Waals surface area contributed by atoms with E-state index in [0.29, 0.717) is 11.1 Å². The average molecular weight is 365 g/mol. The number of benzene rings is 2. The van der Waals surface area contributed by atoms with Gasteiger partial charge in [-0.2, -0.15) is 0 Å². The second kappa shape index (κ2) is 7.41. The number of nitro benzene ring substituents is 1. The second-order valence-corrected chi connectivity index (χ2v) is 6.42. The fourth-order valence-electron chi connectivity index (χ4n) is 2.95. The van der Waals surface area contributed by atoms with Crippen molar-refractivity contribution in [3.05, 3.63) is 86.2 Å². The zero-order chi connectivity index (χ0) is 19.6. The number of aromatic nitrogens is 1. The lowest BCUT2D eigenvalue weighted by atomic mass is 10.0. The number of carbonyl (C=O) groups excluding carboxylic acids is 1. The summed E-state index contributed by atoms with van der Waals surface area (Å²) in [6.07, 6.45) is -0.0457. The van der Waals surface area contributed by atoms with Crippen molar-refractivity contribution in [3.63, 3.8) is 0 Å². The van der Waals surface area contributed by atoms with Crippen LogP contribution in [0.15, 0.2) is 59.4 Å². The number of likely N-dealkylation sites (N-methyl/N-ethyl adjacent to an activating group) is 1. The Hall–Kier alpha value is -3.48. The van der Waals surface area contributed by atoms with Gasteiger partial charge in [-0.25, -0.2) is 0 Å². The molecule has 0 bridgehead atoms. The topological polar surface area (TPSA) is 96.3 Å². The number of carbonyl (C=O) groups is 1. The number of aromatic amines is 1. The van der Waals surface area contributed by atoms with Gasteiger partial charge >= 0.3 is 0 Å². The highest BCUT2D eigenvalue weighted by molar-refractivity contribution is 5.82. The number of H-pyrrole nitrogens is 1. The number of nitro groups is 1. The molecular formula is C20H19N3O4. The van der Waals surface area contributed by atoms with Crippen molar-refractivity contribution in [2.75, 3.05) is 7.05 Å². The highest BCUT2D eigenvalue weighted by Gasteiger charge is 2.20. The number of pyridine rings is 1. The maximum Gasteiger partial charge on any atom is 0.269 e. The Labute approximate surface area is 155 Å². The van der Waals surface area contributed by atoms with Crippen molar-refractivity contribution in [3.8, 4) is 0 Å². The first-order valence-electron chi connectivity index (χ1n) is 8.48. The fraction of sp³-hybridized carbons (Fsp3) is 0.200. The Kier molecular flexibility index (Phi) is 5.03. The number of nitrogens with one attached hydrogen (secondary N) is 1. The lowest BCUT2D eigenvalue weighted by Crippen LogP contribution is -2.32. The first kappa shape index (κ1) is 18.3. The second-order valence-electron chi connectivity index (χ2n) is 6.42. The molecule has 2 aromatic carbocycles. The van der Waals surface area contributed by atoms with Crippen molar-refractivity contribution in [1.29, 1.82) is 0 Å². The molecule has 1 unspecified atom stereocenters. The summed E-state index contributed by atoms with van der Waals surface area (Å²) in [6, 6.07) is 14.9. The molecule has 0 radical (unpaired) electrons. The summed E-state index contributed by atoms with van der Waals surface area (Å²) < 4.78 is 0. The smallest absolute Gasteiger partial charge is 0.269 e. The van der Waals surface area contributed by atoms with Crippen LogP contribution in [0.4, 0.5) is 5.69 Å². The zero-order valence-electron chi connectivity index (χ0n) is 15.0. The summed E-state index contributed by atoms with van der Waals surface area (Å²) in [5, 5.41) is 11.8. The minimum Gasteiger partial charge on any atom is -0.339 e. The van der Waals surface area contributed by atoms with Crippen molar-refractivity contribution in [2.45, 2.75) is 19.4 Å². The number of para-hydroxylation sites is 1. The first-order chi connectivity index (χ1) is 12.9. The molecule has 138 valence electrons. The van der Waals surface area contributed by atoms with E-state index in [-0.39, 0.29) is 29.6 Å². The van der Waals surface area contributed by atoms with E-state index in [4.69, 9.17) is 0 Å². The van der Waals surface area contributed by atoms with Crippen LogP contribution in [-0.2, 0) is 11.2 Å². The van der Waals surface area contributed by atoms with Gasteiger partial charge in [0.25, 0.3) is 11.2 Å². The van der Waals surface area contributed by atoms with E-state index in [1.54, 1.807) is 38.2 Å². The van der Waals surface area contributed by atoms with Crippen molar-refractivity contribution >= 4 is 22.5 Å². The normalized spacial score (nSPS) is 11.9. The Morgan fingerprint density at radius 2 is 1.93 bits per heavy atom. The van der Waals surface area contributed by atoms with Gasteiger partial charge in [-0.15, -0.1) is 0 Å². The summed E-state index contributed by atoms with van der Waals surface area (Å²) >= 11 is 0. The number of non-ortho nitro benzene ring substituents is 1. The van der Waals surface area contributed by atoms with Gasteiger partial charge in [0.2, 0.25) is 5.91 Å². The standard InChI is InChI=1S/C20H19N3O4/c1-13(14-7-5-8-17(11-14)23(26)27)22(2)19(24)12-16-10-15-6-3-4-9-18(15)21-20(16)25/h3-11,13H,12H2,1-2H3,(H,21,25). The Morgan fingerprint density at radius 3 is 2.67 bits per heavy atom. The number of amides is 1. The number of hydrogen-bond donors (Lipinski definition) is 1. The lowest BCUT2D eigenvalue weighted by Gasteiger charge is -2.25. The van der Waals surface area contributed by atoms with Crippen LogP contribution in [-0.4, -0.2) is 27.8 Å². The van der Waals surface area contributed by atoms with Crippen LogP contribution in [0.3, 0.4) is 0 Å². The molecule has 1 amide bonds. The quantitative estimate of drug-likeness (QED) is 0.555. The van der Waals surface area contributed by atoms with Crippen LogP contribution in [0, 0.1) is 10.1 Å². The van der Waals surface area contributed by atoms with Crippen molar-refractivity contribution < 1.29 is 9.72 Å². The third-order valence-corrected chi connectivity index (χ3v) is 4.71. The van der Waals surface area contributed by atoms with E-state index in [2.05, 4.69) is 4.98 Å². The van der Waals surface area contributed by atoms with Crippen LogP contribution in [0.25, 0.3) is 10.9 Å². The van der Waals surface area contributed by atoms with Crippen molar-refractivity contribution in [2.24, 2.45) is 0 Å². The molecule has 0 saturated heterocycles. The summed E-state index contributed by atoms with van der Waals surface area (Å²) in [4.78, 5) is 39.7. The number of rotatable bonds is 5. The van der Waals surface area contributed by atoms with E-state index >= 15 is 0 Å². The predicted octanol–water partition coefficient (Wildman–Crippen LogP) is 3.20. The van der Waals surface area contributed by atoms with E-state index in [9.17, 15) is 19.7 Å². The number of hydrogen-bond acceptors (Lipinski definition) is 4. The lowest BCUT2D eigenvalue weighted by molar-refractivity contribution is -0.384. The molecule has 0 saturated carbocycles. The van der Waals surface area contributed by atoms with Gasteiger partial charge < -0.3 is 9.88 Å². The number of fused-ring (bicyclic) bond motifs is 1. The van der Waals surface area contributed by atoms with E-state index in [1.807, 2.05) is 18.2 Å². The Bertz CT molecular complexity index is 1070. The SMILES string of the molecule is CC(c1cccc([N+](=O)[O-])c1)N(C)C(=O)Cc1cc2ccccc2[nH]c1=O. The van der Waals surface area contributed by atoms with E-state index in [1.165, 1.54) is 17.0 Å². The molecule has 7 nitrogen and oxygen atoms in total. The average Bonchev–Trinajstić information content (AvgIpc) is 2.67. The number of nitrogens with zero attached hydrogens (tertiary/aromatic N) is 2. The molecule has 0 aliphatic carbocycles. The third-order valence-electron chi connectivity index (χ3n) is 4.71. The molecule has 0 aliphatic heterocycles. The molecule has 1 N–H and O–H groups in total. The molecule has 0 aliphatic rings. The molecule has 1 atom stereocenters. The van der Waals surface area contributed by atoms with Crippen LogP contribution >= 0.6 is 0 Å². The molecule has 1 aromatic heterocycles. The van der Waals surface area contributed by atoms with Crippen LogP contribution < -0.4 is 5.56 Å². The van der Waals surface area contributed by atoms with E-state index < -0.39 is 4.92 Å². The summed E-state index contributed by atoms with van der Waals surface area (Å²) in [6.45, 7) is 1.79. The van der Waals surface area contributed by atoms with Gasteiger partial charge in [-0.05, 0) is 30.0 Å². The first-order valence-corrected chi connectivity index (χ1v) is 8.48. The van der Waals surface area contributed by atoms with Gasteiger partial charge in [0.05, 0.1) is 17.4 Å². The van der Waals surface area contributed by atoms with Gasteiger partial charge in [-0.1, -0.05) is 30.3 Å². The predicted molar refractivity (Wildman–Crippen MR) is 103 cm³/mol. The molecule has 3 rings (SSSR count). The summed E-state index contributed by atoms with van der Waals surface area (Å²) in [7, 11) is 1.63. The highest BCUT2D eigenvalue weighted by Crippen LogP contribution is 2.23. The molecule has 27 heavy (non-hydrogen) atoms. The van der Waals surface area contributed by atoms with Crippen LogP contribution in [0.5, 0.6) is 0 Å². The van der Waals surface area contributed by atoms with Crippen LogP contribution in [0.1, 0.15) is 24.1 Å². The minimum absolute atomic E-state index is 0.0221. The van der Waals surface area contributed by atoms with Gasteiger partial charge in [0.15, 0.2) is 0 Å². The Morgan fingerprint density at radius 1 is 1.19 bits per heavy atom. The molecule has 3 aromatic rings. The van der Waals surface area contributed by atoms with Gasteiger partial charge in [0.1, 0.15) is 0 Å². The monoisotopic (exact) mass is 365 g/mol. The molecule has 7 heteroatoms. The minimum atomic E-state index is -0.466. The zero-order valence-corrected chi connectivity index (χ0v) is 15.0. The molecule has 1 heterocycles.